The molecule has 0 radical (unpaired) electrons. The first-order valence-electron chi connectivity index (χ1n) is 6.86. The summed E-state index contributed by atoms with van der Waals surface area (Å²) in [4.78, 5) is 13.7. The number of hydrogen-bond donors (Lipinski definition) is 1. The zero-order valence-corrected chi connectivity index (χ0v) is 11.0. The molecule has 2 N–H and O–H groups in total. The molecule has 1 heterocycles. The van der Waals surface area contributed by atoms with Crippen molar-refractivity contribution in [1.29, 1.82) is 0 Å². The Labute approximate surface area is 113 Å². The van der Waals surface area contributed by atoms with Crippen molar-refractivity contribution in [3.63, 3.8) is 0 Å². The fourth-order valence-electron chi connectivity index (χ4n) is 3.29. The second kappa shape index (κ2) is 4.85. The molecule has 1 amide bonds. The highest BCUT2D eigenvalue weighted by Gasteiger charge is 2.53. The second-order valence-corrected chi connectivity index (χ2v) is 5.91. The Morgan fingerprint density at radius 3 is 2.63 bits per heavy atom. The van der Waals surface area contributed by atoms with E-state index in [0.717, 1.165) is 25.2 Å². The Morgan fingerprint density at radius 1 is 1.32 bits per heavy atom. The second-order valence-electron chi connectivity index (χ2n) is 5.91. The van der Waals surface area contributed by atoms with Crippen LogP contribution in [0.1, 0.15) is 18.4 Å². The molecule has 1 aliphatic heterocycles. The van der Waals surface area contributed by atoms with Crippen LogP contribution in [0.3, 0.4) is 0 Å². The van der Waals surface area contributed by atoms with E-state index in [2.05, 4.69) is 0 Å². The molecule has 19 heavy (non-hydrogen) atoms. The van der Waals surface area contributed by atoms with Crippen molar-refractivity contribution in [2.45, 2.75) is 19.4 Å². The number of likely N-dealkylation sites (tertiary alicyclic amines) is 1. The molecule has 1 aromatic carbocycles. The van der Waals surface area contributed by atoms with Gasteiger partial charge in [0.2, 0.25) is 0 Å². The largest absolute Gasteiger partial charge is 0.445 e. The third kappa shape index (κ3) is 2.45. The number of carbonyl (C=O) groups is 1. The molecule has 2 aliphatic rings. The number of carbonyl (C=O) groups excluding carboxylic acids is 1. The normalized spacial score (nSPS) is 20.8. The summed E-state index contributed by atoms with van der Waals surface area (Å²) in [6.07, 6.45) is 2.16. The van der Waals surface area contributed by atoms with Gasteiger partial charge < -0.3 is 15.4 Å². The van der Waals surface area contributed by atoms with Crippen LogP contribution in [0, 0.1) is 11.3 Å². The van der Waals surface area contributed by atoms with Crippen LogP contribution in [0.2, 0.25) is 0 Å². The predicted molar refractivity (Wildman–Crippen MR) is 72.4 cm³/mol. The Hall–Kier alpha value is -1.55. The zero-order valence-electron chi connectivity index (χ0n) is 11.0. The van der Waals surface area contributed by atoms with E-state index < -0.39 is 0 Å². The van der Waals surface area contributed by atoms with E-state index in [0.29, 0.717) is 17.9 Å². The predicted octanol–water partition coefficient (Wildman–Crippen LogP) is 1.99. The van der Waals surface area contributed by atoms with Crippen molar-refractivity contribution in [3.05, 3.63) is 35.9 Å². The third-order valence-electron chi connectivity index (χ3n) is 4.29. The molecule has 2 fully saturated rings. The van der Waals surface area contributed by atoms with Crippen LogP contribution < -0.4 is 5.73 Å². The summed E-state index contributed by atoms with van der Waals surface area (Å²) in [5.41, 5.74) is 7.03. The van der Waals surface area contributed by atoms with Crippen LogP contribution in [0.5, 0.6) is 0 Å². The lowest BCUT2D eigenvalue weighted by Gasteiger charge is -2.58. The van der Waals surface area contributed by atoms with Crippen LogP contribution >= 0.6 is 0 Å². The Kier molecular flexibility index (Phi) is 3.19. The van der Waals surface area contributed by atoms with Gasteiger partial charge in [-0.05, 0) is 30.9 Å². The van der Waals surface area contributed by atoms with Gasteiger partial charge in [-0.2, -0.15) is 0 Å². The van der Waals surface area contributed by atoms with Crippen LogP contribution in [0.25, 0.3) is 0 Å². The first-order chi connectivity index (χ1) is 9.21. The van der Waals surface area contributed by atoms with Crippen molar-refractivity contribution in [2.75, 3.05) is 19.6 Å². The monoisotopic (exact) mass is 260 g/mol. The molecule has 1 saturated carbocycles. The highest BCUT2D eigenvalue weighted by molar-refractivity contribution is 5.69. The fraction of sp³-hybridized carbons (Fsp3) is 0.533. The van der Waals surface area contributed by atoms with Gasteiger partial charge in [0, 0.05) is 18.5 Å². The Bertz CT molecular complexity index is 446. The molecule has 102 valence electrons. The first kappa shape index (κ1) is 12.5. The van der Waals surface area contributed by atoms with Crippen LogP contribution in [0.15, 0.2) is 30.3 Å². The molecule has 1 spiro atoms. The van der Waals surface area contributed by atoms with Gasteiger partial charge in [0.05, 0.1) is 0 Å². The van der Waals surface area contributed by atoms with Crippen molar-refractivity contribution in [1.82, 2.24) is 4.90 Å². The minimum atomic E-state index is -0.189. The molecule has 0 atom stereocenters. The van der Waals surface area contributed by atoms with E-state index in [-0.39, 0.29) is 6.09 Å². The summed E-state index contributed by atoms with van der Waals surface area (Å²) in [5.74, 6) is 0.669. The molecule has 1 saturated heterocycles. The standard InChI is InChI=1S/C15H20N2O2/c16-8-13-6-15(7-13)10-17(11-15)14(18)19-9-12-4-2-1-3-5-12/h1-5,13H,6-11,16H2. The summed E-state index contributed by atoms with van der Waals surface area (Å²) < 4.78 is 5.31. The first-order valence-corrected chi connectivity index (χ1v) is 6.86. The van der Waals surface area contributed by atoms with Gasteiger partial charge in [0.1, 0.15) is 6.61 Å². The van der Waals surface area contributed by atoms with Gasteiger partial charge >= 0.3 is 6.09 Å². The van der Waals surface area contributed by atoms with Crippen molar-refractivity contribution < 1.29 is 9.53 Å². The van der Waals surface area contributed by atoms with E-state index in [1.807, 2.05) is 30.3 Å². The van der Waals surface area contributed by atoms with E-state index in [1.165, 1.54) is 12.8 Å². The van der Waals surface area contributed by atoms with Crippen LogP contribution in [-0.4, -0.2) is 30.6 Å². The van der Waals surface area contributed by atoms with Crippen LogP contribution in [0.4, 0.5) is 4.79 Å². The van der Waals surface area contributed by atoms with Crippen LogP contribution in [-0.2, 0) is 11.3 Å². The highest BCUT2D eigenvalue weighted by Crippen LogP contribution is 2.51. The van der Waals surface area contributed by atoms with Gasteiger partial charge in [-0.3, -0.25) is 0 Å². The third-order valence-corrected chi connectivity index (χ3v) is 4.29. The maximum Gasteiger partial charge on any atom is 0.410 e. The number of ether oxygens (including phenoxy) is 1. The molecular formula is C15H20N2O2. The summed E-state index contributed by atoms with van der Waals surface area (Å²) in [7, 11) is 0. The Balaban J connectivity index is 1.41. The van der Waals surface area contributed by atoms with Gasteiger partial charge in [-0.15, -0.1) is 0 Å². The maximum atomic E-state index is 11.9. The van der Waals surface area contributed by atoms with E-state index in [1.54, 1.807) is 4.90 Å². The van der Waals surface area contributed by atoms with Gasteiger partial charge in [-0.25, -0.2) is 4.79 Å². The van der Waals surface area contributed by atoms with Gasteiger partial charge in [-0.1, -0.05) is 30.3 Å². The Morgan fingerprint density at radius 2 is 2.00 bits per heavy atom. The number of nitrogens with two attached hydrogens (primary N) is 1. The summed E-state index contributed by atoms with van der Waals surface area (Å²) in [6, 6.07) is 9.77. The topological polar surface area (TPSA) is 55.6 Å². The van der Waals surface area contributed by atoms with Crippen molar-refractivity contribution in [2.24, 2.45) is 17.1 Å². The lowest BCUT2D eigenvalue weighted by atomic mass is 9.58. The van der Waals surface area contributed by atoms with Gasteiger partial charge in [0.25, 0.3) is 0 Å². The van der Waals surface area contributed by atoms with E-state index >= 15 is 0 Å². The molecule has 4 heteroatoms. The lowest BCUT2D eigenvalue weighted by Crippen LogP contribution is -2.64. The average Bonchev–Trinajstić information content (AvgIpc) is 2.34. The highest BCUT2D eigenvalue weighted by atomic mass is 16.6. The van der Waals surface area contributed by atoms with Crippen molar-refractivity contribution in [3.8, 4) is 0 Å². The molecule has 3 rings (SSSR count). The number of nitrogens with zero attached hydrogens (tertiary/aromatic N) is 1. The molecule has 0 bridgehead atoms. The maximum absolute atomic E-state index is 11.9. The number of rotatable bonds is 3. The molecule has 1 aliphatic carbocycles. The molecule has 4 nitrogen and oxygen atoms in total. The zero-order chi connectivity index (χ0) is 13.3. The molecule has 0 unspecified atom stereocenters. The summed E-state index contributed by atoms with van der Waals surface area (Å²) in [6.45, 7) is 2.82. The SMILES string of the molecule is NCC1CC2(C1)CN(C(=O)OCc1ccccc1)C2. The van der Waals surface area contributed by atoms with Crippen molar-refractivity contribution >= 4 is 6.09 Å². The summed E-state index contributed by atoms with van der Waals surface area (Å²) >= 11 is 0. The van der Waals surface area contributed by atoms with E-state index in [4.69, 9.17) is 10.5 Å². The summed E-state index contributed by atoms with van der Waals surface area (Å²) in [5, 5.41) is 0. The smallest absolute Gasteiger partial charge is 0.410 e. The van der Waals surface area contributed by atoms with Gasteiger partial charge in [0.15, 0.2) is 0 Å². The minimum absolute atomic E-state index is 0.189. The molecular weight excluding hydrogens is 240 g/mol. The molecule has 1 aromatic rings. The number of benzene rings is 1. The molecule has 0 aromatic heterocycles. The lowest BCUT2D eigenvalue weighted by molar-refractivity contribution is -0.0829. The quantitative estimate of drug-likeness (QED) is 0.904. The average molecular weight is 260 g/mol. The number of amides is 1. The van der Waals surface area contributed by atoms with E-state index in [9.17, 15) is 4.79 Å². The fourth-order valence-corrected chi connectivity index (χ4v) is 3.29. The minimum Gasteiger partial charge on any atom is -0.445 e. The number of hydrogen-bond acceptors (Lipinski definition) is 3.